The van der Waals surface area contributed by atoms with Gasteiger partial charge in [-0.15, -0.1) is 0 Å². The largest absolute Gasteiger partial charge is 0.495 e. The summed E-state index contributed by atoms with van der Waals surface area (Å²) in [5, 5.41) is 11.9. The Hall–Kier alpha value is -4.11. The lowest BCUT2D eigenvalue weighted by atomic mass is 10.1. The molecule has 0 fully saturated rings. The zero-order chi connectivity index (χ0) is 19.5. The van der Waals surface area contributed by atoms with E-state index in [1.165, 1.54) is 7.11 Å². The number of benzene rings is 3. The molecule has 3 aromatic carbocycles. The molecule has 0 saturated carbocycles. The van der Waals surface area contributed by atoms with Crippen molar-refractivity contribution in [1.29, 1.82) is 5.26 Å². The van der Waals surface area contributed by atoms with Crippen LogP contribution in [0.1, 0.15) is 15.9 Å². The monoisotopic (exact) mass is 368 g/mol. The van der Waals surface area contributed by atoms with Gasteiger partial charge in [-0.2, -0.15) is 5.26 Å². The van der Waals surface area contributed by atoms with Crippen LogP contribution in [-0.2, 0) is 0 Å². The number of nitriles is 1. The van der Waals surface area contributed by atoms with Crippen LogP contribution in [0.4, 0.5) is 5.69 Å². The Labute approximate surface area is 161 Å². The number of hydrogen-bond acceptors (Lipinski definition) is 4. The molecule has 1 heterocycles. The number of carbonyl (C=O) groups is 1. The molecule has 1 aromatic heterocycles. The number of methoxy groups -OCH3 is 1. The fraction of sp³-hybridized carbons (Fsp3) is 0.0455. The SMILES string of the molecule is COc1cc(C(=O)Nc2cccc(-c3nc4ccccc4[nH]3)c2)ccc1C#N. The average molecular weight is 368 g/mol. The second-order valence-electron chi connectivity index (χ2n) is 6.16. The van der Waals surface area contributed by atoms with E-state index in [-0.39, 0.29) is 5.91 Å². The van der Waals surface area contributed by atoms with Crippen LogP contribution in [0.3, 0.4) is 0 Å². The number of anilines is 1. The van der Waals surface area contributed by atoms with E-state index in [1.807, 2.05) is 54.6 Å². The van der Waals surface area contributed by atoms with E-state index in [0.29, 0.717) is 22.6 Å². The van der Waals surface area contributed by atoms with E-state index in [0.717, 1.165) is 22.4 Å². The summed E-state index contributed by atoms with van der Waals surface area (Å²) in [6.45, 7) is 0. The van der Waals surface area contributed by atoms with Crippen molar-refractivity contribution in [1.82, 2.24) is 9.97 Å². The molecule has 4 rings (SSSR count). The molecule has 0 aliphatic heterocycles. The molecule has 136 valence electrons. The maximum atomic E-state index is 12.6. The van der Waals surface area contributed by atoms with Gasteiger partial charge in [-0.25, -0.2) is 4.98 Å². The lowest BCUT2D eigenvalue weighted by Gasteiger charge is -2.09. The zero-order valence-corrected chi connectivity index (χ0v) is 15.1. The van der Waals surface area contributed by atoms with Crippen molar-refractivity contribution in [2.75, 3.05) is 12.4 Å². The number of ether oxygens (including phenoxy) is 1. The van der Waals surface area contributed by atoms with E-state index in [4.69, 9.17) is 10.00 Å². The normalized spacial score (nSPS) is 10.4. The van der Waals surface area contributed by atoms with E-state index < -0.39 is 0 Å². The minimum Gasteiger partial charge on any atom is -0.495 e. The summed E-state index contributed by atoms with van der Waals surface area (Å²) in [7, 11) is 1.47. The number of aromatic amines is 1. The highest BCUT2D eigenvalue weighted by molar-refractivity contribution is 6.04. The van der Waals surface area contributed by atoms with Gasteiger partial charge in [-0.1, -0.05) is 24.3 Å². The molecule has 0 aliphatic carbocycles. The van der Waals surface area contributed by atoms with Gasteiger partial charge in [-0.05, 0) is 42.5 Å². The van der Waals surface area contributed by atoms with Gasteiger partial charge in [0.1, 0.15) is 17.6 Å². The highest BCUT2D eigenvalue weighted by Crippen LogP contribution is 2.24. The first-order valence-electron chi connectivity index (χ1n) is 8.62. The lowest BCUT2D eigenvalue weighted by molar-refractivity contribution is 0.102. The van der Waals surface area contributed by atoms with Crippen molar-refractivity contribution in [3.63, 3.8) is 0 Å². The van der Waals surface area contributed by atoms with Gasteiger partial charge in [0, 0.05) is 16.8 Å². The molecule has 6 nitrogen and oxygen atoms in total. The van der Waals surface area contributed by atoms with Gasteiger partial charge >= 0.3 is 0 Å². The molecule has 0 bridgehead atoms. The Morgan fingerprint density at radius 2 is 1.96 bits per heavy atom. The van der Waals surface area contributed by atoms with Crippen molar-refractivity contribution in [2.24, 2.45) is 0 Å². The fourth-order valence-corrected chi connectivity index (χ4v) is 2.96. The van der Waals surface area contributed by atoms with Crippen molar-refractivity contribution in [3.8, 4) is 23.2 Å². The van der Waals surface area contributed by atoms with Gasteiger partial charge in [0.2, 0.25) is 0 Å². The topological polar surface area (TPSA) is 90.8 Å². The highest BCUT2D eigenvalue weighted by Gasteiger charge is 2.12. The molecule has 0 radical (unpaired) electrons. The van der Waals surface area contributed by atoms with Crippen LogP contribution in [0.15, 0.2) is 66.7 Å². The van der Waals surface area contributed by atoms with Gasteiger partial charge in [0.05, 0.1) is 23.7 Å². The average Bonchev–Trinajstić information content (AvgIpc) is 3.17. The predicted octanol–water partition coefficient (Wildman–Crippen LogP) is 4.36. The van der Waals surface area contributed by atoms with Crippen LogP contribution in [0.25, 0.3) is 22.4 Å². The van der Waals surface area contributed by atoms with Crippen molar-refractivity contribution >= 4 is 22.6 Å². The Kier molecular flexibility index (Phi) is 4.48. The first-order chi connectivity index (χ1) is 13.7. The molecular formula is C22H16N4O2. The summed E-state index contributed by atoms with van der Waals surface area (Å²) in [4.78, 5) is 20.5. The first kappa shape index (κ1) is 17.3. The number of H-pyrrole nitrogens is 1. The van der Waals surface area contributed by atoms with Gasteiger partial charge in [-0.3, -0.25) is 4.79 Å². The molecule has 2 N–H and O–H groups in total. The number of fused-ring (bicyclic) bond motifs is 1. The summed E-state index contributed by atoms with van der Waals surface area (Å²) in [5.41, 5.74) is 4.14. The summed E-state index contributed by atoms with van der Waals surface area (Å²) in [6.07, 6.45) is 0. The highest BCUT2D eigenvalue weighted by atomic mass is 16.5. The van der Waals surface area contributed by atoms with E-state index in [1.54, 1.807) is 18.2 Å². The smallest absolute Gasteiger partial charge is 0.255 e. The number of nitrogens with one attached hydrogen (secondary N) is 2. The molecule has 0 saturated heterocycles. The van der Waals surface area contributed by atoms with E-state index in [9.17, 15) is 4.79 Å². The number of rotatable bonds is 4. The van der Waals surface area contributed by atoms with Crippen LogP contribution in [-0.4, -0.2) is 23.0 Å². The van der Waals surface area contributed by atoms with Crippen molar-refractivity contribution < 1.29 is 9.53 Å². The molecular weight excluding hydrogens is 352 g/mol. The number of para-hydroxylation sites is 2. The lowest BCUT2D eigenvalue weighted by Crippen LogP contribution is -2.12. The van der Waals surface area contributed by atoms with Crippen LogP contribution in [0.2, 0.25) is 0 Å². The van der Waals surface area contributed by atoms with Crippen molar-refractivity contribution in [3.05, 3.63) is 77.9 Å². The third kappa shape index (κ3) is 3.29. The third-order valence-corrected chi connectivity index (χ3v) is 4.37. The first-order valence-corrected chi connectivity index (χ1v) is 8.62. The van der Waals surface area contributed by atoms with Crippen LogP contribution >= 0.6 is 0 Å². The predicted molar refractivity (Wildman–Crippen MR) is 107 cm³/mol. The number of carbonyl (C=O) groups excluding carboxylic acids is 1. The van der Waals surface area contributed by atoms with Crippen LogP contribution in [0.5, 0.6) is 5.75 Å². The van der Waals surface area contributed by atoms with E-state index >= 15 is 0 Å². The zero-order valence-electron chi connectivity index (χ0n) is 15.1. The second-order valence-corrected chi connectivity index (χ2v) is 6.16. The summed E-state index contributed by atoms with van der Waals surface area (Å²) in [5.74, 6) is 0.813. The molecule has 6 heteroatoms. The standard InChI is InChI=1S/C22H16N4O2/c1-28-20-12-15(9-10-16(20)13-23)22(27)24-17-6-4-5-14(11-17)21-25-18-7-2-3-8-19(18)26-21/h2-12H,1H3,(H,24,27)(H,25,26). The Morgan fingerprint density at radius 1 is 1.11 bits per heavy atom. The number of aromatic nitrogens is 2. The number of hydrogen-bond donors (Lipinski definition) is 2. The van der Waals surface area contributed by atoms with E-state index in [2.05, 4.69) is 15.3 Å². The molecule has 4 aromatic rings. The van der Waals surface area contributed by atoms with Crippen LogP contribution in [0, 0.1) is 11.3 Å². The molecule has 28 heavy (non-hydrogen) atoms. The van der Waals surface area contributed by atoms with Crippen molar-refractivity contribution in [2.45, 2.75) is 0 Å². The molecule has 0 aliphatic rings. The van der Waals surface area contributed by atoms with Crippen LogP contribution < -0.4 is 10.1 Å². The van der Waals surface area contributed by atoms with Gasteiger partial charge < -0.3 is 15.0 Å². The Morgan fingerprint density at radius 3 is 2.75 bits per heavy atom. The summed E-state index contributed by atoms with van der Waals surface area (Å²) >= 11 is 0. The Bertz CT molecular complexity index is 1190. The second kappa shape index (κ2) is 7.25. The minimum absolute atomic E-state index is 0.287. The van der Waals surface area contributed by atoms with Gasteiger partial charge in [0.25, 0.3) is 5.91 Å². The summed E-state index contributed by atoms with van der Waals surface area (Å²) < 4.78 is 5.17. The molecule has 0 spiro atoms. The number of imidazole rings is 1. The third-order valence-electron chi connectivity index (χ3n) is 4.37. The van der Waals surface area contributed by atoms with Gasteiger partial charge in [0.15, 0.2) is 0 Å². The number of amides is 1. The molecule has 0 atom stereocenters. The maximum absolute atomic E-state index is 12.6. The number of nitrogens with zero attached hydrogens (tertiary/aromatic N) is 2. The molecule has 1 amide bonds. The fourth-order valence-electron chi connectivity index (χ4n) is 2.96. The summed E-state index contributed by atoms with van der Waals surface area (Å²) in [6, 6.07) is 22.0. The molecule has 0 unspecified atom stereocenters. The Balaban J connectivity index is 1.60. The minimum atomic E-state index is -0.287. The quantitative estimate of drug-likeness (QED) is 0.560. The maximum Gasteiger partial charge on any atom is 0.255 e.